The van der Waals surface area contributed by atoms with E-state index in [1.54, 1.807) is 6.20 Å². The Morgan fingerprint density at radius 2 is 2.00 bits per heavy atom. The number of hydrogen-bond donors (Lipinski definition) is 3. The second kappa shape index (κ2) is 7.56. The summed E-state index contributed by atoms with van der Waals surface area (Å²) in [4.78, 5) is 26.1. The van der Waals surface area contributed by atoms with E-state index in [4.69, 9.17) is 10.5 Å². The Labute approximate surface area is 188 Å². The van der Waals surface area contributed by atoms with E-state index in [-0.39, 0.29) is 24.0 Å². The monoisotopic (exact) mass is 482 g/mol. The number of nitrogens with one attached hydrogen (secondary N) is 2. The number of aromatic nitrogens is 3. The normalized spacial score (nSPS) is 24.0. The molecule has 0 unspecified atom stereocenters. The van der Waals surface area contributed by atoms with Crippen molar-refractivity contribution in [1.82, 2.24) is 15.0 Å². The average molecular weight is 483 g/mol. The van der Waals surface area contributed by atoms with Crippen LogP contribution in [0.5, 0.6) is 0 Å². The smallest absolute Gasteiger partial charge is 0.404 e. The number of carbonyl (C=O) groups excluding carboxylic acids is 1. The minimum absolute atomic E-state index is 0.0736. The van der Waals surface area contributed by atoms with Crippen molar-refractivity contribution in [3.63, 3.8) is 0 Å². The molecule has 1 saturated carbocycles. The largest absolute Gasteiger partial charge is 0.444 e. The molecule has 2 bridgehead atoms. The third-order valence-electron chi connectivity index (χ3n) is 6.08. The summed E-state index contributed by atoms with van der Waals surface area (Å²) in [5, 5.41) is 3.58. The maximum atomic E-state index is 11.4. The van der Waals surface area contributed by atoms with Gasteiger partial charge in [-0.1, -0.05) is 12.2 Å². The number of aromatic amines is 1. The molecule has 2 heterocycles. The summed E-state index contributed by atoms with van der Waals surface area (Å²) in [7, 11) is 4.02. The number of anilines is 2. The highest BCUT2D eigenvalue weighted by atomic mass is 79.9. The maximum absolute atomic E-state index is 11.4. The Morgan fingerprint density at radius 3 is 2.71 bits per heavy atom. The van der Waals surface area contributed by atoms with Crippen molar-refractivity contribution in [1.29, 1.82) is 0 Å². The predicted molar refractivity (Wildman–Crippen MR) is 124 cm³/mol. The van der Waals surface area contributed by atoms with Crippen molar-refractivity contribution in [3.05, 3.63) is 47.1 Å². The first-order chi connectivity index (χ1) is 14.9. The summed E-state index contributed by atoms with van der Waals surface area (Å²) in [6, 6.07) is 8.10. The van der Waals surface area contributed by atoms with Crippen molar-refractivity contribution in [2.75, 3.05) is 24.3 Å². The molecule has 8 nitrogen and oxygen atoms in total. The van der Waals surface area contributed by atoms with E-state index in [2.05, 4.69) is 65.4 Å². The fourth-order valence-corrected chi connectivity index (χ4v) is 4.97. The highest BCUT2D eigenvalue weighted by Gasteiger charge is 2.47. The minimum Gasteiger partial charge on any atom is -0.444 e. The van der Waals surface area contributed by atoms with Crippen LogP contribution >= 0.6 is 15.9 Å². The lowest BCUT2D eigenvalue weighted by Crippen LogP contribution is -2.41. The van der Waals surface area contributed by atoms with Crippen LogP contribution in [0.25, 0.3) is 22.6 Å². The molecule has 1 amide bonds. The van der Waals surface area contributed by atoms with Gasteiger partial charge in [0, 0.05) is 43.4 Å². The van der Waals surface area contributed by atoms with Gasteiger partial charge in [0.05, 0.1) is 16.2 Å². The van der Waals surface area contributed by atoms with Crippen LogP contribution in [0.2, 0.25) is 0 Å². The second-order valence-corrected chi connectivity index (χ2v) is 9.08. The van der Waals surface area contributed by atoms with Gasteiger partial charge in [0.15, 0.2) is 5.65 Å². The number of H-pyrrole nitrogens is 1. The number of rotatable bonds is 5. The Kier molecular flexibility index (Phi) is 4.85. The lowest BCUT2D eigenvalue weighted by Gasteiger charge is -2.29. The fourth-order valence-electron chi connectivity index (χ4n) is 4.56. The SMILES string of the molecule is CN(C)c1ccc(-c2nc3ncc(Br)c(N[C@H]4[C@@H](OC(N)=O)[C@@H]5C=C[C@H]4C5)c3[nH]2)cc1. The Morgan fingerprint density at radius 1 is 1.26 bits per heavy atom. The summed E-state index contributed by atoms with van der Waals surface area (Å²) in [6.07, 6.45) is 5.91. The molecule has 4 N–H and O–H groups in total. The van der Waals surface area contributed by atoms with Crippen molar-refractivity contribution < 1.29 is 9.53 Å². The van der Waals surface area contributed by atoms with Gasteiger partial charge in [0.2, 0.25) is 0 Å². The van der Waals surface area contributed by atoms with Crippen LogP contribution in [0.1, 0.15) is 6.42 Å². The lowest BCUT2D eigenvalue weighted by molar-refractivity contribution is 0.0854. The summed E-state index contributed by atoms with van der Waals surface area (Å²) in [5.41, 5.74) is 9.68. The van der Waals surface area contributed by atoms with Gasteiger partial charge in [-0.25, -0.2) is 14.8 Å². The van der Waals surface area contributed by atoms with Gasteiger partial charge in [-0.15, -0.1) is 0 Å². The molecule has 9 heteroatoms. The van der Waals surface area contributed by atoms with Crippen molar-refractivity contribution in [2.45, 2.75) is 18.6 Å². The molecule has 5 rings (SSSR count). The number of amides is 1. The number of carbonyl (C=O) groups is 1. The number of imidazole rings is 1. The van der Waals surface area contributed by atoms with Crippen LogP contribution < -0.4 is 16.0 Å². The van der Waals surface area contributed by atoms with Gasteiger partial charge in [-0.3, -0.25) is 0 Å². The van der Waals surface area contributed by atoms with E-state index in [1.165, 1.54) is 0 Å². The number of benzene rings is 1. The lowest BCUT2D eigenvalue weighted by atomic mass is 9.98. The Balaban J connectivity index is 1.50. The second-order valence-electron chi connectivity index (χ2n) is 8.23. The zero-order valence-corrected chi connectivity index (χ0v) is 18.8. The molecule has 4 atom stereocenters. The van der Waals surface area contributed by atoms with Crippen molar-refractivity contribution in [2.24, 2.45) is 17.6 Å². The number of hydrogen-bond acceptors (Lipinski definition) is 6. The van der Waals surface area contributed by atoms with Crippen molar-refractivity contribution in [3.8, 4) is 11.4 Å². The molecular weight excluding hydrogens is 460 g/mol. The molecule has 160 valence electrons. The molecule has 0 spiro atoms. The van der Waals surface area contributed by atoms with Crippen LogP contribution in [-0.4, -0.2) is 47.3 Å². The third-order valence-corrected chi connectivity index (χ3v) is 6.68. The Bertz CT molecular complexity index is 1170. The van der Waals surface area contributed by atoms with Crippen LogP contribution in [-0.2, 0) is 4.74 Å². The van der Waals surface area contributed by atoms with Crippen LogP contribution in [0, 0.1) is 11.8 Å². The van der Waals surface area contributed by atoms with E-state index < -0.39 is 6.09 Å². The average Bonchev–Trinajstić information content (AvgIpc) is 3.45. The third kappa shape index (κ3) is 3.52. The van der Waals surface area contributed by atoms with Gasteiger partial charge in [0.1, 0.15) is 17.4 Å². The van der Waals surface area contributed by atoms with E-state index in [0.29, 0.717) is 5.65 Å². The van der Waals surface area contributed by atoms with Gasteiger partial charge in [-0.05, 0) is 46.6 Å². The molecule has 0 saturated heterocycles. The molecule has 2 aliphatic rings. The number of primary amides is 1. The molecule has 1 aromatic carbocycles. The molecule has 0 radical (unpaired) electrons. The van der Waals surface area contributed by atoms with Gasteiger partial charge in [0.25, 0.3) is 0 Å². The van der Waals surface area contributed by atoms with Gasteiger partial charge < -0.3 is 25.7 Å². The van der Waals surface area contributed by atoms with E-state index >= 15 is 0 Å². The molecular formula is C22H23BrN6O2. The first kappa shape index (κ1) is 19.9. The van der Waals surface area contributed by atoms with E-state index in [0.717, 1.165) is 39.2 Å². The first-order valence-electron chi connectivity index (χ1n) is 10.1. The Hall–Kier alpha value is -3.07. The summed E-state index contributed by atoms with van der Waals surface area (Å²) in [6.45, 7) is 0. The van der Waals surface area contributed by atoms with Gasteiger partial charge >= 0.3 is 6.09 Å². The van der Waals surface area contributed by atoms with Crippen molar-refractivity contribution >= 4 is 44.6 Å². The summed E-state index contributed by atoms with van der Waals surface area (Å²) >= 11 is 3.61. The quantitative estimate of drug-likeness (QED) is 0.475. The molecule has 2 aromatic heterocycles. The molecule has 31 heavy (non-hydrogen) atoms. The van der Waals surface area contributed by atoms with E-state index in [9.17, 15) is 4.79 Å². The van der Waals surface area contributed by atoms with E-state index in [1.807, 2.05) is 26.2 Å². The zero-order valence-electron chi connectivity index (χ0n) is 17.2. The highest BCUT2D eigenvalue weighted by Crippen LogP contribution is 2.44. The number of ether oxygens (including phenoxy) is 1. The fraction of sp³-hybridized carbons (Fsp3) is 0.318. The highest BCUT2D eigenvalue weighted by molar-refractivity contribution is 9.10. The number of pyridine rings is 1. The van der Waals surface area contributed by atoms with Gasteiger partial charge in [-0.2, -0.15) is 0 Å². The number of halogens is 1. The molecule has 2 aliphatic carbocycles. The maximum Gasteiger partial charge on any atom is 0.404 e. The predicted octanol–water partition coefficient (Wildman–Crippen LogP) is 3.90. The molecule has 1 fully saturated rings. The molecule has 0 aliphatic heterocycles. The van der Waals surface area contributed by atoms with Crippen LogP contribution in [0.3, 0.4) is 0 Å². The molecule has 3 aromatic rings. The minimum atomic E-state index is -0.748. The zero-order chi connectivity index (χ0) is 21.7. The number of nitrogens with two attached hydrogens (primary N) is 1. The summed E-state index contributed by atoms with van der Waals surface area (Å²) < 4.78 is 6.26. The first-order valence-corrected chi connectivity index (χ1v) is 10.9. The standard InChI is InChI=1S/C22H23BrN6O2/c1-29(2)14-7-5-11(6-8-14)20-27-18-17(15(23)10-25-21(18)28-20)26-16-12-3-4-13(9-12)19(16)31-22(24)30/h3-8,10,12-13,16,19H,9H2,1-2H3,(H2,24,30)(H2,25,26,27,28)/t12-,13+,16+,19-/m0/s1. The van der Waals surface area contributed by atoms with Crippen LogP contribution in [0.15, 0.2) is 47.1 Å². The van der Waals surface area contributed by atoms with Crippen LogP contribution in [0.4, 0.5) is 16.2 Å². The topological polar surface area (TPSA) is 109 Å². The number of fused-ring (bicyclic) bond motifs is 3. The number of nitrogens with zero attached hydrogens (tertiary/aromatic N) is 3. The summed E-state index contributed by atoms with van der Waals surface area (Å²) in [5.74, 6) is 1.19.